The summed E-state index contributed by atoms with van der Waals surface area (Å²) in [6, 6.07) is 9.39. The van der Waals surface area contributed by atoms with Crippen molar-refractivity contribution >= 4 is 15.9 Å². The standard InChI is InChI=1S/C18H29BrN2/c1-3-11-21(14-15-7-6-10-20-13-15)18(4-2)16-8-5-9-17(19)12-16/h5,8-9,12,15,18,20H,3-4,6-7,10-11,13-14H2,1-2H3. The van der Waals surface area contributed by atoms with Gasteiger partial charge in [-0.25, -0.2) is 0 Å². The van der Waals surface area contributed by atoms with E-state index in [-0.39, 0.29) is 0 Å². The number of piperidine rings is 1. The molecule has 1 N–H and O–H groups in total. The summed E-state index contributed by atoms with van der Waals surface area (Å²) in [5.41, 5.74) is 1.45. The van der Waals surface area contributed by atoms with Crippen molar-refractivity contribution in [3.63, 3.8) is 0 Å². The lowest BCUT2D eigenvalue weighted by Gasteiger charge is -2.35. The minimum atomic E-state index is 0.546. The Hall–Kier alpha value is -0.380. The van der Waals surface area contributed by atoms with E-state index in [0.29, 0.717) is 6.04 Å². The Morgan fingerprint density at radius 1 is 1.38 bits per heavy atom. The summed E-state index contributed by atoms with van der Waals surface area (Å²) in [4.78, 5) is 2.71. The minimum Gasteiger partial charge on any atom is -0.316 e. The summed E-state index contributed by atoms with van der Waals surface area (Å²) in [5.74, 6) is 0.812. The third-order valence-electron chi connectivity index (χ3n) is 4.46. The van der Waals surface area contributed by atoms with Crippen molar-refractivity contribution < 1.29 is 0 Å². The second-order valence-electron chi connectivity index (χ2n) is 6.19. The zero-order valence-corrected chi connectivity index (χ0v) is 15.0. The van der Waals surface area contributed by atoms with E-state index in [1.807, 2.05) is 0 Å². The molecular formula is C18H29BrN2. The highest BCUT2D eigenvalue weighted by Gasteiger charge is 2.23. The summed E-state index contributed by atoms with van der Waals surface area (Å²) in [7, 11) is 0. The number of benzene rings is 1. The quantitative estimate of drug-likeness (QED) is 0.770. The normalized spacial score (nSPS) is 20.7. The topological polar surface area (TPSA) is 15.3 Å². The molecule has 1 aromatic rings. The van der Waals surface area contributed by atoms with Gasteiger partial charge in [0.15, 0.2) is 0 Å². The molecule has 0 radical (unpaired) electrons. The second-order valence-corrected chi connectivity index (χ2v) is 7.10. The minimum absolute atomic E-state index is 0.546. The molecule has 21 heavy (non-hydrogen) atoms. The van der Waals surface area contributed by atoms with Gasteiger partial charge in [-0.3, -0.25) is 4.90 Å². The van der Waals surface area contributed by atoms with Crippen LogP contribution >= 0.6 is 15.9 Å². The van der Waals surface area contributed by atoms with Crippen molar-refractivity contribution in [3.05, 3.63) is 34.3 Å². The molecule has 1 fully saturated rings. The smallest absolute Gasteiger partial charge is 0.0346 e. The maximum absolute atomic E-state index is 3.62. The Morgan fingerprint density at radius 3 is 2.86 bits per heavy atom. The van der Waals surface area contributed by atoms with Crippen LogP contribution in [0.15, 0.2) is 28.7 Å². The first-order valence-electron chi connectivity index (χ1n) is 8.44. The van der Waals surface area contributed by atoms with E-state index in [0.717, 1.165) is 5.92 Å². The van der Waals surface area contributed by atoms with Gasteiger partial charge < -0.3 is 5.32 Å². The predicted octanol–water partition coefficient (Wildman–Crippen LogP) is 4.61. The van der Waals surface area contributed by atoms with Crippen LogP contribution in [-0.4, -0.2) is 31.1 Å². The molecule has 0 spiro atoms. The van der Waals surface area contributed by atoms with Crippen LogP contribution in [0, 0.1) is 5.92 Å². The number of hydrogen-bond acceptors (Lipinski definition) is 2. The van der Waals surface area contributed by atoms with Crippen LogP contribution in [-0.2, 0) is 0 Å². The van der Waals surface area contributed by atoms with E-state index >= 15 is 0 Å². The first kappa shape index (κ1) is 17.0. The van der Waals surface area contributed by atoms with E-state index < -0.39 is 0 Å². The molecule has 0 amide bonds. The van der Waals surface area contributed by atoms with Gasteiger partial charge in [0.2, 0.25) is 0 Å². The van der Waals surface area contributed by atoms with Crippen molar-refractivity contribution in [3.8, 4) is 0 Å². The number of hydrogen-bond donors (Lipinski definition) is 1. The number of rotatable bonds is 7. The van der Waals surface area contributed by atoms with Gasteiger partial charge in [0, 0.05) is 17.1 Å². The maximum atomic E-state index is 3.62. The average molecular weight is 353 g/mol. The van der Waals surface area contributed by atoms with Gasteiger partial charge in [0.25, 0.3) is 0 Å². The third-order valence-corrected chi connectivity index (χ3v) is 4.96. The van der Waals surface area contributed by atoms with Crippen LogP contribution in [0.2, 0.25) is 0 Å². The molecule has 1 heterocycles. The van der Waals surface area contributed by atoms with Gasteiger partial charge in [-0.05, 0) is 68.9 Å². The second kappa shape index (κ2) is 8.92. The van der Waals surface area contributed by atoms with Crippen LogP contribution in [0.3, 0.4) is 0 Å². The Bertz CT molecular complexity index is 415. The molecule has 3 heteroatoms. The Morgan fingerprint density at radius 2 is 2.24 bits per heavy atom. The monoisotopic (exact) mass is 352 g/mol. The van der Waals surface area contributed by atoms with Gasteiger partial charge in [-0.1, -0.05) is 41.9 Å². The van der Waals surface area contributed by atoms with E-state index in [1.54, 1.807) is 0 Å². The number of halogens is 1. The highest BCUT2D eigenvalue weighted by Crippen LogP contribution is 2.28. The molecule has 1 aromatic carbocycles. The van der Waals surface area contributed by atoms with E-state index in [1.165, 1.54) is 61.9 Å². The Labute approximate surface area is 138 Å². The van der Waals surface area contributed by atoms with Crippen molar-refractivity contribution in [2.45, 2.75) is 45.6 Å². The lowest BCUT2D eigenvalue weighted by molar-refractivity contribution is 0.149. The summed E-state index contributed by atoms with van der Waals surface area (Å²) >= 11 is 3.62. The summed E-state index contributed by atoms with van der Waals surface area (Å²) < 4.78 is 1.19. The molecule has 2 unspecified atom stereocenters. The van der Waals surface area contributed by atoms with Crippen LogP contribution < -0.4 is 5.32 Å². The average Bonchev–Trinajstić information content (AvgIpc) is 2.49. The highest BCUT2D eigenvalue weighted by molar-refractivity contribution is 9.10. The number of nitrogens with zero attached hydrogens (tertiary/aromatic N) is 1. The summed E-state index contributed by atoms with van der Waals surface area (Å²) in [6.07, 6.45) is 5.11. The van der Waals surface area contributed by atoms with Gasteiger partial charge in [0.05, 0.1) is 0 Å². The Balaban J connectivity index is 2.09. The fourth-order valence-electron chi connectivity index (χ4n) is 3.49. The molecule has 0 bridgehead atoms. The third kappa shape index (κ3) is 5.08. The molecule has 2 nitrogen and oxygen atoms in total. The van der Waals surface area contributed by atoms with Gasteiger partial charge in [0.1, 0.15) is 0 Å². The van der Waals surface area contributed by atoms with Crippen LogP contribution in [0.5, 0.6) is 0 Å². The van der Waals surface area contributed by atoms with E-state index in [9.17, 15) is 0 Å². The fraction of sp³-hybridized carbons (Fsp3) is 0.667. The van der Waals surface area contributed by atoms with Crippen molar-refractivity contribution in [2.75, 3.05) is 26.2 Å². The van der Waals surface area contributed by atoms with Crippen LogP contribution in [0.25, 0.3) is 0 Å². The molecule has 0 aliphatic carbocycles. The molecule has 1 saturated heterocycles. The zero-order chi connectivity index (χ0) is 15.1. The maximum Gasteiger partial charge on any atom is 0.0346 e. The lowest BCUT2D eigenvalue weighted by Crippen LogP contribution is -2.40. The zero-order valence-electron chi connectivity index (χ0n) is 13.4. The molecule has 2 rings (SSSR count). The van der Waals surface area contributed by atoms with Gasteiger partial charge >= 0.3 is 0 Å². The SMILES string of the molecule is CCCN(CC1CCCNC1)C(CC)c1cccc(Br)c1. The predicted molar refractivity (Wildman–Crippen MR) is 94.6 cm³/mol. The molecule has 1 aliphatic heterocycles. The fourth-order valence-corrected chi connectivity index (χ4v) is 3.91. The molecule has 1 aliphatic rings. The first-order chi connectivity index (χ1) is 10.2. The van der Waals surface area contributed by atoms with E-state index in [4.69, 9.17) is 0 Å². The van der Waals surface area contributed by atoms with Crippen LogP contribution in [0.4, 0.5) is 0 Å². The lowest BCUT2D eigenvalue weighted by atomic mass is 9.96. The molecule has 0 aromatic heterocycles. The first-order valence-corrected chi connectivity index (χ1v) is 9.24. The Kier molecular flexibility index (Phi) is 7.21. The largest absolute Gasteiger partial charge is 0.316 e. The molecule has 2 atom stereocenters. The summed E-state index contributed by atoms with van der Waals surface area (Å²) in [6.45, 7) is 9.42. The molecular weight excluding hydrogens is 324 g/mol. The number of nitrogens with one attached hydrogen (secondary N) is 1. The summed E-state index contributed by atoms with van der Waals surface area (Å²) in [5, 5.41) is 3.55. The van der Waals surface area contributed by atoms with Crippen molar-refractivity contribution in [1.82, 2.24) is 10.2 Å². The highest BCUT2D eigenvalue weighted by atomic mass is 79.9. The van der Waals surface area contributed by atoms with Crippen LogP contribution in [0.1, 0.15) is 51.1 Å². The van der Waals surface area contributed by atoms with Gasteiger partial charge in [-0.2, -0.15) is 0 Å². The molecule has 118 valence electrons. The van der Waals surface area contributed by atoms with Gasteiger partial charge in [-0.15, -0.1) is 0 Å². The van der Waals surface area contributed by atoms with Crippen molar-refractivity contribution in [1.29, 1.82) is 0 Å². The van der Waals surface area contributed by atoms with E-state index in [2.05, 4.69) is 64.3 Å². The van der Waals surface area contributed by atoms with Crippen molar-refractivity contribution in [2.24, 2.45) is 5.92 Å². The molecule has 0 saturated carbocycles.